The maximum atomic E-state index is 11.8. The zero-order valence-electron chi connectivity index (χ0n) is 14.9. The molecule has 1 aromatic carbocycles. The van der Waals surface area contributed by atoms with Crippen LogP contribution in [-0.4, -0.2) is 31.5 Å². The minimum Gasteiger partial charge on any atom is -0.484 e. The first-order chi connectivity index (χ1) is 11.4. The van der Waals surface area contributed by atoms with E-state index in [1.807, 2.05) is 27.7 Å². The lowest BCUT2D eigenvalue weighted by Crippen LogP contribution is -2.38. The summed E-state index contributed by atoms with van der Waals surface area (Å²) in [5.74, 6) is 0.474. The van der Waals surface area contributed by atoms with Crippen LogP contribution in [0.25, 0.3) is 0 Å². The number of rotatable bonds is 9. The van der Waals surface area contributed by atoms with Gasteiger partial charge in [0.25, 0.3) is 5.91 Å². The lowest BCUT2D eigenvalue weighted by atomic mass is 10.0. The topological polar surface area (TPSA) is 67.4 Å². The number of ether oxygens (including phenoxy) is 1. The van der Waals surface area contributed by atoms with Gasteiger partial charge in [-0.2, -0.15) is 0 Å². The van der Waals surface area contributed by atoms with Gasteiger partial charge in [-0.3, -0.25) is 9.59 Å². The predicted molar refractivity (Wildman–Crippen MR) is 96.5 cm³/mol. The first-order valence-corrected chi connectivity index (χ1v) is 8.70. The highest BCUT2D eigenvalue weighted by atomic mass is 35.5. The zero-order valence-corrected chi connectivity index (χ0v) is 15.6. The van der Waals surface area contributed by atoms with Crippen LogP contribution in [0.2, 0.25) is 5.02 Å². The minimum atomic E-state index is -0.225. The Labute approximate surface area is 149 Å². The highest BCUT2D eigenvalue weighted by Crippen LogP contribution is 2.25. The van der Waals surface area contributed by atoms with E-state index in [1.165, 1.54) is 0 Å². The zero-order chi connectivity index (χ0) is 18.1. The van der Waals surface area contributed by atoms with Crippen molar-refractivity contribution in [2.75, 3.05) is 19.7 Å². The van der Waals surface area contributed by atoms with E-state index in [1.54, 1.807) is 12.1 Å². The Balaban J connectivity index is 2.29. The molecule has 0 aliphatic heterocycles. The second-order valence-corrected chi connectivity index (χ2v) is 6.19. The summed E-state index contributed by atoms with van der Waals surface area (Å²) in [7, 11) is 0. The van der Waals surface area contributed by atoms with Crippen LogP contribution >= 0.6 is 11.6 Å². The summed E-state index contributed by atoms with van der Waals surface area (Å²) in [6, 6.07) is 3.61. The van der Waals surface area contributed by atoms with Crippen molar-refractivity contribution in [2.24, 2.45) is 5.92 Å². The summed E-state index contributed by atoms with van der Waals surface area (Å²) in [5.41, 5.74) is 1.83. The van der Waals surface area contributed by atoms with E-state index < -0.39 is 0 Å². The smallest absolute Gasteiger partial charge is 0.258 e. The summed E-state index contributed by atoms with van der Waals surface area (Å²) in [6.07, 6.45) is 1.64. The molecule has 0 aliphatic carbocycles. The van der Waals surface area contributed by atoms with Crippen molar-refractivity contribution < 1.29 is 14.3 Å². The minimum absolute atomic E-state index is 0.0395. The summed E-state index contributed by atoms with van der Waals surface area (Å²) in [4.78, 5) is 23.6. The average Bonchev–Trinajstić information content (AvgIpc) is 2.55. The molecule has 0 bridgehead atoms. The Bertz CT molecular complexity index is 548. The maximum absolute atomic E-state index is 11.8. The summed E-state index contributed by atoms with van der Waals surface area (Å²) in [6.45, 7) is 8.50. The van der Waals surface area contributed by atoms with Gasteiger partial charge in [-0.1, -0.05) is 25.4 Å². The van der Waals surface area contributed by atoms with E-state index in [-0.39, 0.29) is 24.3 Å². The van der Waals surface area contributed by atoms with Crippen molar-refractivity contribution in [2.45, 2.75) is 40.5 Å². The molecule has 0 spiro atoms. The van der Waals surface area contributed by atoms with E-state index in [2.05, 4.69) is 10.6 Å². The third-order valence-electron chi connectivity index (χ3n) is 3.88. The van der Waals surface area contributed by atoms with Gasteiger partial charge in [-0.15, -0.1) is 0 Å². The van der Waals surface area contributed by atoms with Gasteiger partial charge in [0.05, 0.1) is 0 Å². The first kappa shape index (κ1) is 20.3. The summed E-state index contributed by atoms with van der Waals surface area (Å²) < 4.78 is 5.48. The number of carbonyl (C=O) groups excluding carboxylic acids is 2. The fourth-order valence-corrected chi connectivity index (χ4v) is 2.49. The number of carbonyl (C=O) groups is 2. The molecule has 2 N–H and O–H groups in total. The normalized spacial score (nSPS) is 10.6. The molecule has 24 heavy (non-hydrogen) atoms. The molecule has 5 nitrogen and oxygen atoms in total. The molecular weight excluding hydrogens is 328 g/mol. The molecule has 0 saturated carbocycles. The molecule has 0 heterocycles. The third kappa shape index (κ3) is 6.40. The van der Waals surface area contributed by atoms with Crippen molar-refractivity contribution in [1.29, 1.82) is 0 Å². The van der Waals surface area contributed by atoms with E-state index in [0.29, 0.717) is 23.9 Å². The molecule has 2 amide bonds. The lowest BCUT2D eigenvalue weighted by molar-refractivity contribution is -0.126. The molecule has 6 heteroatoms. The van der Waals surface area contributed by atoms with Crippen LogP contribution in [0.5, 0.6) is 5.75 Å². The quantitative estimate of drug-likeness (QED) is 0.670. The number of amides is 2. The van der Waals surface area contributed by atoms with Crippen LogP contribution in [-0.2, 0) is 9.59 Å². The Morgan fingerprint density at radius 1 is 1.08 bits per heavy atom. The van der Waals surface area contributed by atoms with Crippen LogP contribution < -0.4 is 15.4 Å². The summed E-state index contributed by atoms with van der Waals surface area (Å²) in [5, 5.41) is 6.25. The first-order valence-electron chi connectivity index (χ1n) is 8.32. The molecule has 0 saturated heterocycles. The number of benzene rings is 1. The van der Waals surface area contributed by atoms with Crippen molar-refractivity contribution in [3.05, 3.63) is 28.3 Å². The Morgan fingerprint density at radius 3 is 2.17 bits per heavy atom. The van der Waals surface area contributed by atoms with Crippen LogP contribution in [0.15, 0.2) is 12.1 Å². The molecule has 0 atom stereocenters. The number of hydrogen-bond acceptors (Lipinski definition) is 3. The molecule has 0 fully saturated rings. The van der Waals surface area contributed by atoms with Crippen LogP contribution in [0.1, 0.15) is 37.8 Å². The highest BCUT2D eigenvalue weighted by Gasteiger charge is 2.13. The molecule has 0 aliphatic rings. The lowest BCUT2D eigenvalue weighted by Gasteiger charge is -2.13. The van der Waals surface area contributed by atoms with Gasteiger partial charge in [0.15, 0.2) is 6.61 Å². The van der Waals surface area contributed by atoms with Crippen molar-refractivity contribution >= 4 is 23.4 Å². The Hall–Kier alpha value is -1.75. The van der Waals surface area contributed by atoms with E-state index >= 15 is 0 Å². The SMILES string of the molecule is CCC(CC)C(=O)NCCNC(=O)COc1cc(C)c(Cl)c(C)c1. The fourth-order valence-electron chi connectivity index (χ4n) is 2.38. The van der Waals surface area contributed by atoms with Gasteiger partial charge in [0.1, 0.15) is 5.75 Å². The molecule has 0 radical (unpaired) electrons. The molecule has 1 aromatic rings. The van der Waals surface area contributed by atoms with Gasteiger partial charge >= 0.3 is 0 Å². The second-order valence-electron chi connectivity index (χ2n) is 5.81. The number of halogens is 1. The monoisotopic (exact) mass is 354 g/mol. The Morgan fingerprint density at radius 2 is 1.62 bits per heavy atom. The molecule has 134 valence electrons. The van der Waals surface area contributed by atoms with Crippen LogP contribution in [0.4, 0.5) is 0 Å². The largest absolute Gasteiger partial charge is 0.484 e. The standard InChI is InChI=1S/C18H27ClN2O3/c1-5-14(6-2)18(23)21-8-7-20-16(22)11-24-15-9-12(3)17(19)13(4)10-15/h9-10,14H,5-8,11H2,1-4H3,(H,20,22)(H,21,23). The van der Waals surface area contributed by atoms with Gasteiger partial charge in [0.2, 0.25) is 5.91 Å². The maximum Gasteiger partial charge on any atom is 0.258 e. The van der Waals surface area contributed by atoms with E-state index in [0.717, 1.165) is 24.0 Å². The van der Waals surface area contributed by atoms with Gasteiger partial charge in [-0.25, -0.2) is 0 Å². The number of aryl methyl sites for hydroxylation is 2. The molecule has 0 unspecified atom stereocenters. The molecule has 1 rings (SSSR count). The average molecular weight is 355 g/mol. The van der Waals surface area contributed by atoms with Gasteiger partial charge in [0, 0.05) is 24.0 Å². The Kier molecular flexibility index (Phi) is 8.61. The van der Waals surface area contributed by atoms with Crippen LogP contribution in [0, 0.1) is 19.8 Å². The summed E-state index contributed by atoms with van der Waals surface area (Å²) >= 11 is 6.10. The number of nitrogens with one attached hydrogen (secondary N) is 2. The third-order valence-corrected chi connectivity index (χ3v) is 4.48. The van der Waals surface area contributed by atoms with Crippen molar-refractivity contribution in [3.8, 4) is 5.75 Å². The van der Waals surface area contributed by atoms with Crippen molar-refractivity contribution in [1.82, 2.24) is 10.6 Å². The number of hydrogen-bond donors (Lipinski definition) is 2. The van der Waals surface area contributed by atoms with Crippen molar-refractivity contribution in [3.63, 3.8) is 0 Å². The second kappa shape index (κ2) is 10.2. The van der Waals surface area contributed by atoms with Crippen LogP contribution in [0.3, 0.4) is 0 Å². The highest BCUT2D eigenvalue weighted by molar-refractivity contribution is 6.32. The van der Waals surface area contributed by atoms with E-state index in [4.69, 9.17) is 16.3 Å². The molecule has 0 aromatic heterocycles. The molecular formula is C18H27ClN2O3. The predicted octanol–water partition coefficient (Wildman–Crippen LogP) is 3.00. The van der Waals surface area contributed by atoms with Gasteiger partial charge < -0.3 is 15.4 Å². The van der Waals surface area contributed by atoms with Gasteiger partial charge in [-0.05, 0) is 49.9 Å². The van der Waals surface area contributed by atoms with E-state index in [9.17, 15) is 9.59 Å². The fraction of sp³-hybridized carbons (Fsp3) is 0.556.